The maximum atomic E-state index is 12.8. The third-order valence-electron chi connectivity index (χ3n) is 4.62. The number of anilines is 1. The Bertz CT molecular complexity index is 907. The van der Waals surface area contributed by atoms with Crippen LogP contribution in [-0.2, 0) is 10.0 Å². The minimum Gasteiger partial charge on any atom is -0.296 e. The van der Waals surface area contributed by atoms with E-state index in [0.29, 0.717) is 17.2 Å². The molecule has 1 aromatic carbocycles. The Morgan fingerprint density at radius 3 is 2.52 bits per heavy atom. The third kappa shape index (κ3) is 4.36. The second-order valence-electron chi connectivity index (χ2n) is 7.04. The van der Waals surface area contributed by atoms with Crippen molar-refractivity contribution < 1.29 is 13.2 Å². The molecule has 3 rings (SSSR count). The second kappa shape index (κ2) is 8.04. The van der Waals surface area contributed by atoms with Crippen LogP contribution in [0, 0.1) is 0 Å². The molecule has 146 valence electrons. The van der Waals surface area contributed by atoms with Gasteiger partial charge in [0.15, 0.2) is 0 Å². The average Bonchev–Trinajstić information content (AvgIpc) is 3.11. The summed E-state index contributed by atoms with van der Waals surface area (Å²) < 4.78 is 27.2. The highest BCUT2D eigenvalue weighted by Gasteiger charge is 2.30. The van der Waals surface area contributed by atoms with Crippen molar-refractivity contribution in [2.24, 2.45) is 0 Å². The summed E-state index contributed by atoms with van der Waals surface area (Å²) in [5, 5.41) is 12.0. The number of sulfonamides is 1. The van der Waals surface area contributed by atoms with Gasteiger partial charge in [0.25, 0.3) is 5.91 Å². The molecule has 9 heteroatoms. The number of carbonyl (C=O) groups excluding carboxylic acids is 1. The van der Waals surface area contributed by atoms with Gasteiger partial charge in [0, 0.05) is 24.1 Å². The van der Waals surface area contributed by atoms with Crippen LogP contribution < -0.4 is 5.32 Å². The van der Waals surface area contributed by atoms with E-state index in [0.717, 1.165) is 24.3 Å². The van der Waals surface area contributed by atoms with Gasteiger partial charge < -0.3 is 0 Å². The van der Waals surface area contributed by atoms with Crippen LogP contribution in [0.15, 0.2) is 29.2 Å². The Hall–Kier alpha value is -1.84. The van der Waals surface area contributed by atoms with Crippen LogP contribution in [0.1, 0.15) is 61.3 Å². The molecule has 1 aliphatic rings. The number of piperidine rings is 1. The Morgan fingerprint density at radius 2 is 1.93 bits per heavy atom. The number of aromatic nitrogens is 2. The zero-order valence-corrected chi connectivity index (χ0v) is 17.3. The van der Waals surface area contributed by atoms with Crippen molar-refractivity contribution in [3.05, 3.63) is 34.8 Å². The lowest BCUT2D eigenvalue weighted by Gasteiger charge is -2.32. The summed E-state index contributed by atoms with van der Waals surface area (Å²) in [4.78, 5) is 12.6. The fourth-order valence-corrected chi connectivity index (χ4v) is 5.47. The zero-order chi connectivity index (χ0) is 19.6. The van der Waals surface area contributed by atoms with E-state index in [4.69, 9.17) is 0 Å². The molecule has 2 heterocycles. The number of hydrogen-bond donors (Lipinski definition) is 1. The van der Waals surface area contributed by atoms with Crippen LogP contribution in [0.5, 0.6) is 0 Å². The van der Waals surface area contributed by atoms with Gasteiger partial charge in [0.2, 0.25) is 15.2 Å². The molecule has 1 N–H and O–H groups in total. The molecule has 0 saturated carbocycles. The van der Waals surface area contributed by atoms with E-state index in [1.54, 1.807) is 4.31 Å². The average molecular weight is 409 g/mol. The summed E-state index contributed by atoms with van der Waals surface area (Å²) in [6, 6.07) is 6.04. The van der Waals surface area contributed by atoms with Crippen molar-refractivity contribution in [2.75, 3.05) is 11.9 Å². The van der Waals surface area contributed by atoms with E-state index < -0.39 is 10.0 Å². The monoisotopic (exact) mass is 408 g/mol. The minimum atomic E-state index is -3.54. The SMILES string of the molecule is CC(C)c1nnc(NC(=O)c2ccc(S(=O)(=O)N3CCCCC3C)cc2)s1. The molecule has 1 amide bonds. The first-order valence-electron chi connectivity index (χ1n) is 9.05. The van der Waals surface area contributed by atoms with Gasteiger partial charge in [-0.15, -0.1) is 10.2 Å². The smallest absolute Gasteiger partial charge is 0.257 e. The van der Waals surface area contributed by atoms with Crippen molar-refractivity contribution in [1.29, 1.82) is 0 Å². The summed E-state index contributed by atoms with van der Waals surface area (Å²) in [5.74, 6) is -0.0911. The van der Waals surface area contributed by atoms with E-state index >= 15 is 0 Å². The van der Waals surface area contributed by atoms with Gasteiger partial charge in [-0.05, 0) is 44.0 Å². The normalized spacial score (nSPS) is 18.6. The number of benzene rings is 1. The van der Waals surface area contributed by atoms with Gasteiger partial charge in [-0.1, -0.05) is 31.6 Å². The lowest BCUT2D eigenvalue weighted by Crippen LogP contribution is -2.41. The van der Waals surface area contributed by atoms with Crippen molar-refractivity contribution in [3.63, 3.8) is 0 Å². The quantitative estimate of drug-likeness (QED) is 0.818. The zero-order valence-electron chi connectivity index (χ0n) is 15.7. The Kier molecular flexibility index (Phi) is 5.92. The molecule has 1 aromatic heterocycles. The van der Waals surface area contributed by atoms with Gasteiger partial charge in [0.05, 0.1) is 4.90 Å². The summed E-state index contributed by atoms with van der Waals surface area (Å²) in [6.45, 7) is 6.50. The molecule has 0 radical (unpaired) electrons. The van der Waals surface area contributed by atoms with Crippen LogP contribution in [0.4, 0.5) is 5.13 Å². The van der Waals surface area contributed by atoms with Crippen LogP contribution in [0.25, 0.3) is 0 Å². The molecule has 0 bridgehead atoms. The Labute approximate surface area is 163 Å². The van der Waals surface area contributed by atoms with E-state index in [1.807, 2.05) is 20.8 Å². The molecule has 1 unspecified atom stereocenters. The van der Waals surface area contributed by atoms with Crippen LogP contribution in [-0.4, -0.2) is 41.4 Å². The number of nitrogens with one attached hydrogen (secondary N) is 1. The van der Waals surface area contributed by atoms with Crippen molar-refractivity contribution in [2.45, 2.75) is 56.9 Å². The third-order valence-corrected chi connectivity index (χ3v) is 7.79. The molecule has 0 aliphatic carbocycles. The standard InChI is InChI=1S/C18H24N4O3S2/c1-12(2)17-20-21-18(26-17)19-16(23)14-7-9-15(10-8-14)27(24,25)22-11-5-4-6-13(22)3/h7-10,12-13H,4-6,11H2,1-3H3,(H,19,21,23). The van der Waals surface area contributed by atoms with Crippen LogP contribution in [0.2, 0.25) is 0 Å². The van der Waals surface area contributed by atoms with E-state index in [-0.39, 0.29) is 22.8 Å². The van der Waals surface area contributed by atoms with Gasteiger partial charge in [-0.3, -0.25) is 10.1 Å². The molecular formula is C18H24N4O3S2. The lowest BCUT2D eigenvalue weighted by atomic mass is 10.1. The molecule has 0 spiro atoms. The highest BCUT2D eigenvalue weighted by molar-refractivity contribution is 7.89. The number of nitrogens with zero attached hydrogens (tertiary/aromatic N) is 3. The van der Waals surface area contributed by atoms with E-state index in [9.17, 15) is 13.2 Å². The van der Waals surface area contributed by atoms with Gasteiger partial charge in [0.1, 0.15) is 5.01 Å². The number of rotatable bonds is 5. The number of hydrogen-bond acceptors (Lipinski definition) is 6. The molecule has 1 saturated heterocycles. The van der Waals surface area contributed by atoms with Gasteiger partial charge in [-0.2, -0.15) is 4.31 Å². The Morgan fingerprint density at radius 1 is 1.22 bits per heavy atom. The maximum absolute atomic E-state index is 12.8. The first-order valence-corrected chi connectivity index (χ1v) is 11.3. The molecular weight excluding hydrogens is 384 g/mol. The lowest BCUT2D eigenvalue weighted by molar-refractivity contribution is 0.102. The summed E-state index contributed by atoms with van der Waals surface area (Å²) in [5.41, 5.74) is 0.377. The predicted octanol–water partition coefficient (Wildman–Crippen LogP) is 3.48. The molecule has 1 atom stereocenters. The second-order valence-corrected chi connectivity index (χ2v) is 9.94. The first kappa shape index (κ1) is 19.9. The summed E-state index contributed by atoms with van der Waals surface area (Å²) in [6.07, 6.45) is 2.81. The fraction of sp³-hybridized carbons (Fsp3) is 0.500. The van der Waals surface area contributed by atoms with Crippen LogP contribution in [0.3, 0.4) is 0 Å². The molecule has 7 nitrogen and oxygen atoms in total. The summed E-state index contributed by atoms with van der Waals surface area (Å²) >= 11 is 1.33. The minimum absolute atomic E-state index is 0.000666. The molecule has 1 aliphatic heterocycles. The van der Waals surface area contributed by atoms with Crippen molar-refractivity contribution in [1.82, 2.24) is 14.5 Å². The predicted molar refractivity (Wildman–Crippen MR) is 106 cm³/mol. The van der Waals surface area contributed by atoms with Crippen LogP contribution >= 0.6 is 11.3 Å². The Balaban J connectivity index is 1.73. The number of amides is 1. The number of carbonyl (C=O) groups is 1. The molecule has 1 fully saturated rings. The van der Waals surface area contributed by atoms with Crippen molar-refractivity contribution >= 4 is 32.4 Å². The first-order chi connectivity index (χ1) is 12.8. The largest absolute Gasteiger partial charge is 0.296 e. The topological polar surface area (TPSA) is 92.3 Å². The fourth-order valence-electron chi connectivity index (χ4n) is 3.03. The summed E-state index contributed by atoms with van der Waals surface area (Å²) in [7, 11) is -3.54. The van der Waals surface area contributed by atoms with Gasteiger partial charge >= 0.3 is 0 Å². The van der Waals surface area contributed by atoms with E-state index in [1.165, 1.54) is 35.6 Å². The molecule has 27 heavy (non-hydrogen) atoms. The van der Waals surface area contributed by atoms with Gasteiger partial charge in [-0.25, -0.2) is 8.42 Å². The van der Waals surface area contributed by atoms with Crippen molar-refractivity contribution in [3.8, 4) is 0 Å². The highest BCUT2D eigenvalue weighted by Crippen LogP contribution is 2.26. The molecule has 2 aromatic rings. The highest BCUT2D eigenvalue weighted by atomic mass is 32.2. The maximum Gasteiger partial charge on any atom is 0.257 e. The van der Waals surface area contributed by atoms with E-state index in [2.05, 4.69) is 15.5 Å².